The highest BCUT2D eigenvalue weighted by atomic mass is 79.9. The quantitative estimate of drug-likeness (QED) is 0.499. The van der Waals surface area contributed by atoms with Gasteiger partial charge < -0.3 is 20.2 Å². The molecule has 1 unspecified atom stereocenters. The number of carbonyl (C=O) groups is 2. The largest absolute Gasteiger partial charge is 0.472 e. The third-order valence-electron chi connectivity index (χ3n) is 3.89. The van der Waals surface area contributed by atoms with Crippen LogP contribution in [0.25, 0.3) is 10.4 Å². The standard InChI is InChI=1S/C19H17BrN2O4S/c20-16-9-15(17(27-16)13-6-7-26-11-13)18(23)22-14(10-21-19(24)25)8-12-4-2-1-3-5-12/h1-7,9,11,14,21H,8,10H2,(H,22,23)(H,24,25). The molecule has 2 heterocycles. The van der Waals surface area contributed by atoms with Crippen molar-refractivity contribution in [1.82, 2.24) is 10.6 Å². The van der Waals surface area contributed by atoms with E-state index in [4.69, 9.17) is 9.52 Å². The van der Waals surface area contributed by atoms with Crippen molar-refractivity contribution >= 4 is 39.3 Å². The lowest BCUT2D eigenvalue weighted by molar-refractivity contribution is 0.0936. The van der Waals surface area contributed by atoms with Gasteiger partial charge >= 0.3 is 6.09 Å². The molecule has 0 saturated carbocycles. The number of rotatable bonds is 7. The molecule has 2 aromatic heterocycles. The van der Waals surface area contributed by atoms with Crippen molar-refractivity contribution in [2.45, 2.75) is 12.5 Å². The van der Waals surface area contributed by atoms with Crippen molar-refractivity contribution in [3.63, 3.8) is 0 Å². The minimum atomic E-state index is -1.13. The van der Waals surface area contributed by atoms with Crippen molar-refractivity contribution in [1.29, 1.82) is 0 Å². The summed E-state index contributed by atoms with van der Waals surface area (Å²) < 4.78 is 5.95. The molecule has 0 fully saturated rings. The summed E-state index contributed by atoms with van der Waals surface area (Å²) in [6.07, 6.45) is 2.53. The van der Waals surface area contributed by atoms with Crippen LogP contribution in [0, 0.1) is 0 Å². The van der Waals surface area contributed by atoms with Gasteiger partial charge in [0, 0.05) is 12.1 Å². The van der Waals surface area contributed by atoms with E-state index >= 15 is 0 Å². The zero-order chi connectivity index (χ0) is 19.2. The zero-order valence-corrected chi connectivity index (χ0v) is 16.5. The Kier molecular flexibility index (Phi) is 6.31. The van der Waals surface area contributed by atoms with Gasteiger partial charge in [-0.3, -0.25) is 4.79 Å². The molecule has 0 aliphatic carbocycles. The monoisotopic (exact) mass is 448 g/mol. The van der Waals surface area contributed by atoms with Gasteiger partial charge in [0.15, 0.2) is 0 Å². The molecule has 3 rings (SSSR count). The second kappa shape index (κ2) is 8.88. The molecule has 3 aromatic rings. The molecule has 2 amide bonds. The van der Waals surface area contributed by atoms with Crippen LogP contribution in [0.3, 0.4) is 0 Å². The van der Waals surface area contributed by atoms with E-state index in [2.05, 4.69) is 26.6 Å². The van der Waals surface area contributed by atoms with Gasteiger partial charge in [-0.25, -0.2) is 4.79 Å². The van der Waals surface area contributed by atoms with Crippen LogP contribution in [0.4, 0.5) is 4.79 Å². The van der Waals surface area contributed by atoms with E-state index in [1.807, 2.05) is 30.3 Å². The first-order valence-corrected chi connectivity index (χ1v) is 9.77. The SMILES string of the molecule is O=C(O)NCC(Cc1ccccc1)NC(=O)c1cc(Br)sc1-c1ccoc1. The van der Waals surface area contributed by atoms with Gasteiger partial charge in [0.2, 0.25) is 0 Å². The van der Waals surface area contributed by atoms with Gasteiger partial charge in [-0.2, -0.15) is 0 Å². The summed E-state index contributed by atoms with van der Waals surface area (Å²) in [4.78, 5) is 24.6. The predicted octanol–water partition coefficient (Wildman–Crippen LogP) is 4.38. The van der Waals surface area contributed by atoms with Crippen LogP contribution in [-0.4, -0.2) is 29.7 Å². The number of benzene rings is 1. The molecule has 0 radical (unpaired) electrons. The number of thiophene rings is 1. The van der Waals surface area contributed by atoms with Crippen LogP contribution in [-0.2, 0) is 6.42 Å². The first-order chi connectivity index (χ1) is 13.0. The molecule has 0 bridgehead atoms. The van der Waals surface area contributed by atoms with E-state index in [-0.39, 0.29) is 18.5 Å². The van der Waals surface area contributed by atoms with E-state index in [1.54, 1.807) is 24.7 Å². The summed E-state index contributed by atoms with van der Waals surface area (Å²) in [6, 6.07) is 12.8. The summed E-state index contributed by atoms with van der Waals surface area (Å²) in [5.41, 5.74) is 2.34. The Labute approximate surface area is 168 Å². The lowest BCUT2D eigenvalue weighted by Gasteiger charge is -2.19. The molecule has 1 aromatic carbocycles. The number of hydrogen-bond acceptors (Lipinski definition) is 4. The van der Waals surface area contributed by atoms with Crippen molar-refractivity contribution in [2.24, 2.45) is 0 Å². The minimum Gasteiger partial charge on any atom is -0.472 e. The zero-order valence-electron chi connectivity index (χ0n) is 14.1. The van der Waals surface area contributed by atoms with Crippen LogP contribution in [0.5, 0.6) is 0 Å². The third kappa shape index (κ3) is 5.21. The van der Waals surface area contributed by atoms with Crippen molar-refractivity contribution in [2.75, 3.05) is 6.54 Å². The molecule has 0 aliphatic heterocycles. The van der Waals surface area contributed by atoms with Crippen LogP contribution in [0.2, 0.25) is 0 Å². The number of amides is 2. The predicted molar refractivity (Wildman–Crippen MR) is 107 cm³/mol. The smallest absolute Gasteiger partial charge is 0.404 e. The second-order valence-electron chi connectivity index (χ2n) is 5.85. The Morgan fingerprint density at radius 3 is 2.67 bits per heavy atom. The highest BCUT2D eigenvalue weighted by Gasteiger charge is 2.21. The maximum Gasteiger partial charge on any atom is 0.404 e. The summed E-state index contributed by atoms with van der Waals surface area (Å²) in [7, 11) is 0. The summed E-state index contributed by atoms with van der Waals surface area (Å²) in [5, 5.41) is 14.2. The third-order valence-corrected chi connectivity index (χ3v) is 5.58. The highest BCUT2D eigenvalue weighted by Crippen LogP contribution is 2.36. The van der Waals surface area contributed by atoms with E-state index in [1.165, 1.54) is 11.3 Å². The number of carboxylic acid groups (broad SMARTS) is 1. The Bertz CT molecular complexity index is 909. The van der Waals surface area contributed by atoms with Crippen LogP contribution in [0.15, 0.2) is 63.2 Å². The summed E-state index contributed by atoms with van der Waals surface area (Å²) in [6.45, 7) is 0.113. The Morgan fingerprint density at radius 2 is 2.00 bits per heavy atom. The summed E-state index contributed by atoms with van der Waals surface area (Å²) >= 11 is 4.86. The fourth-order valence-electron chi connectivity index (χ4n) is 2.68. The molecule has 8 heteroatoms. The maximum absolute atomic E-state index is 12.9. The molecule has 6 nitrogen and oxygen atoms in total. The lowest BCUT2D eigenvalue weighted by atomic mass is 10.0. The number of nitrogens with one attached hydrogen (secondary N) is 2. The second-order valence-corrected chi connectivity index (χ2v) is 8.28. The van der Waals surface area contributed by atoms with E-state index in [0.717, 1.165) is 19.8 Å². The molecule has 0 spiro atoms. The molecular weight excluding hydrogens is 432 g/mol. The van der Waals surface area contributed by atoms with E-state index < -0.39 is 6.09 Å². The van der Waals surface area contributed by atoms with Crippen molar-refractivity contribution in [3.05, 3.63) is 69.9 Å². The molecule has 0 saturated heterocycles. The van der Waals surface area contributed by atoms with Crippen LogP contribution in [0.1, 0.15) is 15.9 Å². The van der Waals surface area contributed by atoms with Gasteiger partial charge in [0.1, 0.15) is 0 Å². The number of carbonyl (C=O) groups excluding carboxylic acids is 1. The molecule has 3 N–H and O–H groups in total. The average Bonchev–Trinajstić information content (AvgIpc) is 3.29. The topological polar surface area (TPSA) is 91.6 Å². The number of hydrogen-bond donors (Lipinski definition) is 3. The molecule has 1 atom stereocenters. The Balaban J connectivity index is 1.79. The van der Waals surface area contributed by atoms with Gasteiger partial charge in [-0.1, -0.05) is 30.3 Å². The molecule has 0 aliphatic rings. The molecular formula is C19H17BrN2O4S. The normalized spacial score (nSPS) is 11.7. The number of furan rings is 1. The van der Waals surface area contributed by atoms with Gasteiger partial charge in [0.25, 0.3) is 5.91 Å². The summed E-state index contributed by atoms with van der Waals surface area (Å²) in [5.74, 6) is -0.263. The maximum atomic E-state index is 12.9. The first-order valence-electron chi connectivity index (χ1n) is 8.16. The molecule has 140 valence electrons. The number of halogens is 1. The van der Waals surface area contributed by atoms with Crippen LogP contribution < -0.4 is 10.6 Å². The van der Waals surface area contributed by atoms with Gasteiger partial charge in [-0.05, 0) is 40.0 Å². The fourth-order valence-corrected chi connectivity index (χ4v) is 4.27. The Hall–Kier alpha value is -2.58. The lowest BCUT2D eigenvalue weighted by Crippen LogP contribution is -2.44. The van der Waals surface area contributed by atoms with Gasteiger partial charge in [0.05, 0.1) is 32.8 Å². The first kappa shape index (κ1) is 19.2. The fraction of sp³-hybridized carbons (Fsp3) is 0.158. The minimum absolute atomic E-state index is 0.113. The van der Waals surface area contributed by atoms with Crippen LogP contribution >= 0.6 is 27.3 Å². The van der Waals surface area contributed by atoms with Crippen molar-refractivity contribution < 1.29 is 19.1 Å². The average molecular weight is 449 g/mol. The van der Waals surface area contributed by atoms with E-state index in [9.17, 15) is 9.59 Å². The molecule has 27 heavy (non-hydrogen) atoms. The Morgan fingerprint density at radius 1 is 1.22 bits per heavy atom. The highest BCUT2D eigenvalue weighted by molar-refractivity contribution is 9.11. The van der Waals surface area contributed by atoms with Crippen molar-refractivity contribution in [3.8, 4) is 10.4 Å². The van der Waals surface area contributed by atoms with E-state index in [0.29, 0.717) is 12.0 Å². The van der Waals surface area contributed by atoms with Gasteiger partial charge in [-0.15, -0.1) is 11.3 Å².